The molecule has 0 radical (unpaired) electrons. The van der Waals surface area contributed by atoms with Crippen LogP contribution in [0.1, 0.15) is 62.2 Å². The third kappa shape index (κ3) is 5.13. The summed E-state index contributed by atoms with van der Waals surface area (Å²) in [5.41, 5.74) is 1.94. The van der Waals surface area contributed by atoms with Crippen LogP contribution in [0.3, 0.4) is 0 Å². The summed E-state index contributed by atoms with van der Waals surface area (Å²) in [7, 11) is 0. The second-order valence-electron chi connectivity index (χ2n) is 9.05. The molecule has 0 saturated heterocycles. The average Bonchev–Trinajstić information content (AvgIpc) is 2.83. The zero-order valence-electron chi connectivity index (χ0n) is 20.1. The predicted octanol–water partition coefficient (Wildman–Crippen LogP) is 5.85. The molecule has 35 heavy (non-hydrogen) atoms. The molecule has 1 atom stereocenters. The van der Waals surface area contributed by atoms with Gasteiger partial charge in [-0.15, -0.1) is 0 Å². The minimum atomic E-state index is -2.90. The van der Waals surface area contributed by atoms with Crippen molar-refractivity contribution in [3.63, 3.8) is 0 Å². The van der Waals surface area contributed by atoms with Crippen LogP contribution < -0.4 is 5.32 Å². The average molecular weight is 484 g/mol. The van der Waals surface area contributed by atoms with E-state index < -0.39 is 23.8 Å². The van der Waals surface area contributed by atoms with Crippen molar-refractivity contribution in [2.75, 3.05) is 18.4 Å². The number of halogens is 3. The Hall–Kier alpha value is -3.49. The normalized spacial score (nSPS) is 15.0. The number of aromatic nitrogens is 3. The summed E-state index contributed by atoms with van der Waals surface area (Å²) < 4.78 is 41.1. The highest BCUT2D eigenvalue weighted by atomic mass is 19.3. The maximum Gasteiger partial charge on any atom is 0.266 e. The Balaban J connectivity index is 1.65. The summed E-state index contributed by atoms with van der Waals surface area (Å²) in [6.45, 7) is 8.37. The van der Waals surface area contributed by atoms with E-state index in [0.29, 0.717) is 42.2 Å². The topological polar surface area (TPSA) is 71.0 Å². The van der Waals surface area contributed by atoms with Crippen LogP contribution in [0, 0.1) is 18.7 Å². The molecule has 0 aliphatic carbocycles. The first-order chi connectivity index (χ1) is 16.7. The molecule has 3 heterocycles. The molecule has 1 N–H and O–H groups in total. The van der Waals surface area contributed by atoms with Crippen molar-refractivity contribution in [3.05, 3.63) is 64.9 Å². The second-order valence-corrected chi connectivity index (χ2v) is 9.05. The smallest absolute Gasteiger partial charge is 0.266 e. The predicted molar refractivity (Wildman–Crippen MR) is 129 cm³/mol. The second kappa shape index (κ2) is 10.0. The van der Waals surface area contributed by atoms with Gasteiger partial charge in [0.1, 0.15) is 17.5 Å². The Morgan fingerprint density at radius 2 is 1.89 bits per heavy atom. The summed E-state index contributed by atoms with van der Waals surface area (Å²) in [6.07, 6.45) is 1.58. The zero-order chi connectivity index (χ0) is 25.3. The SMILES string of the molecule is Cc1nc(NC(C)c2cccc(C(F)F)c2F)c2cc(C3=CCN(C(=O)C(C)C)CC3)cnc2n1. The van der Waals surface area contributed by atoms with E-state index in [2.05, 4.69) is 20.3 Å². The van der Waals surface area contributed by atoms with Crippen molar-refractivity contribution in [1.29, 1.82) is 0 Å². The van der Waals surface area contributed by atoms with Gasteiger partial charge in [0, 0.05) is 30.8 Å². The molecule has 0 fully saturated rings. The number of carbonyl (C=O) groups excluding carboxylic acids is 1. The van der Waals surface area contributed by atoms with Crippen molar-refractivity contribution in [3.8, 4) is 0 Å². The number of pyridine rings is 1. The summed E-state index contributed by atoms with van der Waals surface area (Å²) >= 11 is 0. The fourth-order valence-electron chi connectivity index (χ4n) is 4.26. The van der Waals surface area contributed by atoms with Crippen LogP contribution in [0.5, 0.6) is 0 Å². The molecule has 1 aliphatic rings. The number of aryl methyl sites for hydroxylation is 1. The van der Waals surface area contributed by atoms with E-state index >= 15 is 0 Å². The highest BCUT2D eigenvalue weighted by molar-refractivity contribution is 5.89. The number of amides is 1. The van der Waals surface area contributed by atoms with Crippen molar-refractivity contribution in [2.24, 2.45) is 5.92 Å². The summed E-state index contributed by atoms with van der Waals surface area (Å²) in [5, 5.41) is 3.81. The fourth-order valence-corrected chi connectivity index (χ4v) is 4.26. The first-order valence-electron chi connectivity index (χ1n) is 11.6. The van der Waals surface area contributed by atoms with Crippen LogP contribution >= 0.6 is 0 Å². The Morgan fingerprint density at radius 3 is 2.54 bits per heavy atom. The van der Waals surface area contributed by atoms with Crippen molar-refractivity contribution in [2.45, 2.75) is 46.6 Å². The van der Waals surface area contributed by atoms with E-state index in [1.54, 1.807) is 20.0 Å². The first-order valence-corrected chi connectivity index (χ1v) is 11.6. The number of alkyl halides is 2. The molecule has 4 rings (SSSR count). The lowest BCUT2D eigenvalue weighted by atomic mass is 9.99. The molecule has 0 spiro atoms. The van der Waals surface area contributed by atoms with Crippen LogP contribution in [-0.4, -0.2) is 38.8 Å². The van der Waals surface area contributed by atoms with Crippen LogP contribution in [0.2, 0.25) is 0 Å². The van der Waals surface area contributed by atoms with E-state index in [-0.39, 0.29) is 17.4 Å². The highest BCUT2D eigenvalue weighted by Crippen LogP contribution is 2.31. The number of nitrogens with one attached hydrogen (secondary N) is 1. The number of hydrogen-bond acceptors (Lipinski definition) is 5. The van der Waals surface area contributed by atoms with Crippen molar-refractivity contribution in [1.82, 2.24) is 19.9 Å². The number of fused-ring (bicyclic) bond motifs is 1. The third-order valence-corrected chi connectivity index (χ3v) is 6.16. The molecule has 1 aromatic carbocycles. The minimum absolute atomic E-state index is 0.0467. The summed E-state index contributed by atoms with van der Waals surface area (Å²) in [5.74, 6) is 0.0846. The van der Waals surface area contributed by atoms with Crippen molar-refractivity contribution < 1.29 is 18.0 Å². The Kier molecular flexibility index (Phi) is 7.05. The maximum atomic E-state index is 14.7. The molecule has 2 aromatic heterocycles. The number of hydrogen-bond donors (Lipinski definition) is 1. The van der Waals surface area contributed by atoms with Crippen LogP contribution in [0.25, 0.3) is 16.6 Å². The van der Waals surface area contributed by atoms with Gasteiger partial charge in [0.15, 0.2) is 5.65 Å². The lowest BCUT2D eigenvalue weighted by molar-refractivity contribution is -0.134. The zero-order valence-corrected chi connectivity index (χ0v) is 20.1. The molecule has 0 bridgehead atoms. The lowest BCUT2D eigenvalue weighted by Crippen LogP contribution is -2.37. The number of anilines is 1. The van der Waals surface area contributed by atoms with Gasteiger partial charge >= 0.3 is 0 Å². The lowest BCUT2D eigenvalue weighted by Gasteiger charge is -2.28. The molecular weight excluding hydrogens is 455 g/mol. The minimum Gasteiger partial charge on any atom is -0.363 e. The van der Waals surface area contributed by atoms with Gasteiger partial charge in [-0.1, -0.05) is 38.1 Å². The first kappa shape index (κ1) is 24.6. The standard InChI is InChI=1S/C26H28F3N5O/c1-14(2)26(35)34-10-8-17(9-11-34)18-12-21-24(30-13-18)32-16(4)33-25(21)31-15(3)19-6-5-7-20(22(19)27)23(28)29/h5-8,12-15,23H,9-11H2,1-4H3,(H,30,31,32,33). The number of rotatable bonds is 6. The van der Waals surface area contributed by atoms with E-state index in [0.717, 1.165) is 17.2 Å². The molecule has 1 aliphatic heterocycles. The van der Waals surface area contributed by atoms with E-state index in [1.807, 2.05) is 30.9 Å². The van der Waals surface area contributed by atoms with Crippen LogP contribution in [0.4, 0.5) is 19.0 Å². The van der Waals surface area contributed by atoms with Gasteiger partial charge in [-0.3, -0.25) is 4.79 Å². The van der Waals surface area contributed by atoms with Crippen LogP contribution in [0.15, 0.2) is 36.5 Å². The molecule has 0 saturated carbocycles. The van der Waals surface area contributed by atoms with Gasteiger partial charge in [-0.25, -0.2) is 28.1 Å². The molecule has 9 heteroatoms. The van der Waals surface area contributed by atoms with Gasteiger partial charge in [0.25, 0.3) is 6.43 Å². The largest absolute Gasteiger partial charge is 0.363 e. The Morgan fingerprint density at radius 1 is 1.14 bits per heavy atom. The fraction of sp³-hybridized carbons (Fsp3) is 0.385. The molecule has 6 nitrogen and oxygen atoms in total. The molecular formula is C26H28F3N5O. The molecule has 184 valence electrons. The van der Waals surface area contributed by atoms with Gasteiger partial charge in [-0.05, 0) is 37.5 Å². The number of nitrogens with zero attached hydrogens (tertiary/aromatic N) is 4. The molecule has 3 aromatic rings. The van der Waals surface area contributed by atoms with Gasteiger partial charge in [-0.2, -0.15) is 0 Å². The molecule has 1 unspecified atom stereocenters. The third-order valence-electron chi connectivity index (χ3n) is 6.16. The molecule has 1 amide bonds. The van der Waals surface area contributed by atoms with Gasteiger partial charge < -0.3 is 10.2 Å². The van der Waals surface area contributed by atoms with E-state index in [1.165, 1.54) is 12.1 Å². The van der Waals surface area contributed by atoms with E-state index in [4.69, 9.17) is 0 Å². The monoisotopic (exact) mass is 483 g/mol. The van der Waals surface area contributed by atoms with Crippen LogP contribution in [-0.2, 0) is 4.79 Å². The van der Waals surface area contributed by atoms with E-state index in [9.17, 15) is 18.0 Å². The summed E-state index contributed by atoms with van der Waals surface area (Å²) in [6, 6.07) is 5.29. The Bertz CT molecular complexity index is 1290. The highest BCUT2D eigenvalue weighted by Gasteiger charge is 2.22. The van der Waals surface area contributed by atoms with Gasteiger partial charge in [0.05, 0.1) is 17.0 Å². The quantitative estimate of drug-likeness (QED) is 0.476. The summed E-state index contributed by atoms with van der Waals surface area (Å²) in [4.78, 5) is 27.5. The number of benzene rings is 1. The number of carbonyl (C=O) groups is 1. The Labute approximate surface area is 202 Å². The maximum absolute atomic E-state index is 14.7. The van der Waals surface area contributed by atoms with Crippen molar-refractivity contribution >= 4 is 28.3 Å². The van der Waals surface area contributed by atoms with Gasteiger partial charge in [0.2, 0.25) is 5.91 Å².